The van der Waals surface area contributed by atoms with Crippen LogP contribution in [0.1, 0.15) is 15.7 Å². The number of carboxylic acid groups (broad SMARTS) is 1. The number of thioether (sulfide) groups is 1. The van der Waals surface area contributed by atoms with Crippen LogP contribution in [-0.2, 0) is 20.7 Å². The number of fused-ring (bicyclic) bond motifs is 1. The fraction of sp³-hybridized carbons (Fsp3) is 0.500. The summed E-state index contributed by atoms with van der Waals surface area (Å²) in [5.41, 5.74) is 1.06. The number of hydrogen-bond donors (Lipinski definition) is 2. The maximum Gasteiger partial charge on any atom is 0.334 e. The van der Waals surface area contributed by atoms with Gasteiger partial charge < -0.3 is 15.2 Å². The second kappa shape index (κ2) is 6.40. The number of aliphatic carboxylic acids is 1. The average molecular weight is 301 g/mol. The predicted octanol–water partition coefficient (Wildman–Crippen LogP) is 1.29. The number of ether oxygens (including phenoxy) is 1. The Morgan fingerprint density at radius 1 is 1.63 bits per heavy atom. The van der Waals surface area contributed by atoms with E-state index in [1.54, 1.807) is 23.1 Å². The molecular formula is C12H15NO4S2. The van der Waals surface area contributed by atoms with E-state index in [1.807, 2.05) is 11.4 Å². The molecule has 0 spiro atoms. The molecule has 1 aromatic heterocycles. The largest absolute Gasteiger partial charge is 0.479 e. The molecule has 5 nitrogen and oxygen atoms in total. The number of thiophene rings is 1. The van der Waals surface area contributed by atoms with Crippen molar-refractivity contribution in [2.75, 3.05) is 19.4 Å². The molecule has 0 bridgehead atoms. The standard InChI is InChI=1S/C12H15NO4S2/c1-17-8(12(15)16)6-13-11(14)10-7-2-4-18-9(7)3-5-19-10/h2,4,8,10H,3,5-6H2,1H3,(H,13,14)(H,15,16). The van der Waals surface area contributed by atoms with Crippen LogP contribution in [-0.4, -0.2) is 42.5 Å². The van der Waals surface area contributed by atoms with Gasteiger partial charge in [0.2, 0.25) is 5.91 Å². The molecule has 1 aliphatic rings. The molecule has 2 heterocycles. The number of hydrogen-bond acceptors (Lipinski definition) is 5. The van der Waals surface area contributed by atoms with Crippen molar-refractivity contribution in [3.8, 4) is 0 Å². The highest BCUT2D eigenvalue weighted by atomic mass is 32.2. The summed E-state index contributed by atoms with van der Waals surface area (Å²) in [5.74, 6) is -0.305. The smallest absolute Gasteiger partial charge is 0.334 e. The summed E-state index contributed by atoms with van der Waals surface area (Å²) in [4.78, 5) is 24.2. The SMILES string of the molecule is COC(CNC(=O)C1SCCc2sccc21)C(=O)O. The lowest BCUT2D eigenvalue weighted by atomic mass is 10.1. The van der Waals surface area contributed by atoms with Crippen molar-refractivity contribution in [1.82, 2.24) is 5.32 Å². The molecule has 19 heavy (non-hydrogen) atoms. The molecule has 2 unspecified atom stereocenters. The second-order valence-electron chi connectivity index (χ2n) is 4.11. The summed E-state index contributed by atoms with van der Waals surface area (Å²) < 4.78 is 4.78. The van der Waals surface area contributed by atoms with Gasteiger partial charge in [-0.1, -0.05) is 0 Å². The fourth-order valence-electron chi connectivity index (χ4n) is 1.92. The van der Waals surface area contributed by atoms with Gasteiger partial charge in [0.05, 0.1) is 6.54 Å². The number of carbonyl (C=O) groups excluding carboxylic acids is 1. The topological polar surface area (TPSA) is 75.6 Å². The number of methoxy groups -OCH3 is 1. The zero-order valence-corrected chi connectivity index (χ0v) is 12.1. The molecule has 2 rings (SSSR count). The van der Waals surface area contributed by atoms with Crippen molar-refractivity contribution in [2.24, 2.45) is 0 Å². The van der Waals surface area contributed by atoms with Gasteiger partial charge in [-0.3, -0.25) is 4.79 Å². The lowest BCUT2D eigenvalue weighted by Crippen LogP contribution is -2.39. The van der Waals surface area contributed by atoms with Crippen molar-refractivity contribution in [1.29, 1.82) is 0 Å². The van der Waals surface area contributed by atoms with Gasteiger partial charge in [-0.15, -0.1) is 23.1 Å². The fourth-order valence-corrected chi connectivity index (χ4v) is 4.24. The predicted molar refractivity (Wildman–Crippen MR) is 74.7 cm³/mol. The molecule has 1 aromatic rings. The first kappa shape index (κ1) is 14.4. The molecule has 0 fully saturated rings. The van der Waals surface area contributed by atoms with E-state index in [0.29, 0.717) is 0 Å². The Morgan fingerprint density at radius 2 is 2.42 bits per heavy atom. The molecule has 2 atom stereocenters. The third-order valence-electron chi connectivity index (χ3n) is 2.94. The van der Waals surface area contributed by atoms with Gasteiger partial charge in [0.15, 0.2) is 6.10 Å². The molecule has 1 aliphatic heterocycles. The number of nitrogens with one attached hydrogen (secondary N) is 1. The first-order valence-corrected chi connectivity index (χ1v) is 7.77. The van der Waals surface area contributed by atoms with Gasteiger partial charge in [-0.2, -0.15) is 0 Å². The maximum absolute atomic E-state index is 12.1. The normalized spacial score (nSPS) is 19.5. The van der Waals surface area contributed by atoms with Crippen LogP contribution in [0.2, 0.25) is 0 Å². The van der Waals surface area contributed by atoms with E-state index < -0.39 is 12.1 Å². The Bertz CT molecular complexity index is 474. The first-order valence-electron chi connectivity index (χ1n) is 5.84. The summed E-state index contributed by atoms with van der Waals surface area (Å²) in [5, 5.41) is 13.3. The Labute approximate surface area is 119 Å². The average Bonchev–Trinajstić information content (AvgIpc) is 2.86. The highest BCUT2D eigenvalue weighted by Gasteiger charge is 2.28. The summed E-state index contributed by atoms with van der Waals surface area (Å²) in [6, 6.07) is 1.97. The number of aryl methyl sites for hydroxylation is 1. The summed E-state index contributed by atoms with van der Waals surface area (Å²) in [6.07, 6.45) is -0.00319. The Kier molecular flexibility index (Phi) is 4.84. The van der Waals surface area contributed by atoms with Crippen molar-refractivity contribution in [3.05, 3.63) is 21.9 Å². The van der Waals surface area contributed by atoms with Crippen molar-refractivity contribution < 1.29 is 19.4 Å². The second-order valence-corrected chi connectivity index (χ2v) is 6.32. The minimum absolute atomic E-state index is 0.0127. The highest BCUT2D eigenvalue weighted by molar-refractivity contribution is 8.00. The molecule has 0 aromatic carbocycles. The number of rotatable bonds is 5. The molecule has 0 saturated heterocycles. The minimum atomic E-state index is -1.07. The number of carbonyl (C=O) groups is 2. The van der Waals surface area contributed by atoms with E-state index in [-0.39, 0.29) is 17.7 Å². The van der Waals surface area contributed by atoms with E-state index in [0.717, 1.165) is 17.7 Å². The molecule has 0 saturated carbocycles. The number of amides is 1. The highest BCUT2D eigenvalue weighted by Crippen LogP contribution is 2.39. The molecule has 1 amide bonds. The van der Waals surface area contributed by atoms with Gasteiger partial charge >= 0.3 is 5.97 Å². The summed E-state index contributed by atoms with van der Waals surface area (Å²) in [7, 11) is 1.32. The zero-order valence-electron chi connectivity index (χ0n) is 10.4. The van der Waals surface area contributed by atoms with Crippen LogP contribution in [0.25, 0.3) is 0 Å². The van der Waals surface area contributed by atoms with Crippen molar-refractivity contribution >= 4 is 35.0 Å². The lowest BCUT2D eigenvalue weighted by molar-refractivity contribution is -0.148. The molecule has 7 heteroatoms. The summed E-state index contributed by atoms with van der Waals surface area (Å²) >= 11 is 3.26. The Balaban J connectivity index is 1.97. The van der Waals surface area contributed by atoms with E-state index in [1.165, 1.54) is 12.0 Å². The molecule has 0 radical (unpaired) electrons. The van der Waals surface area contributed by atoms with Crippen molar-refractivity contribution in [2.45, 2.75) is 17.8 Å². The Morgan fingerprint density at radius 3 is 3.11 bits per heavy atom. The van der Waals surface area contributed by atoms with Crippen LogP contribution in [0.5, 0.6) is 0 Å². The van der Waals surface area contributed by atoms with Gasteiger partial charge in [-0.25, -0.2) is 4.79 Å². The molecule has 0 aliphatic carbocycles. The van der Waals surface area contributed by atoms with Crippen LogP contribution in [0, 0.1) is 0 Å². The van der Waals surface area contributed by atoms with E-state index in [2.05, 4.69) is 5.32 Å². The van der Waals surface area contributed by atoms with Crippen LogP contribution in [0.4, 0.5) is 0 Å². The zero-order chi connectivity index (χ0) is 13.8. The third kappa shape index (κ3) is 3.29. The van der Waals surface area contributed by atoms with Gasteiger partial charge in [0.1, 0.15) is 5.25 Å². The minimum Gasteiger partial charge on any atom is -0.479 e. The molecular weight excluding hydrogens is 286 g/mol. The quantitative estimate of drug-likeness (QED) is 0.857. The van der Waals surface area contributed by atoms with E-state index >= 15 is 0 Å². The third-order valence-corrected chi connectivity index (χ3v) is 5.17. The van der Waals surface area contributed by atoms with Gasteiger partial charge in [-0.05, 0) is 29.2 Å². The molecule has 2 N–H and O–H groups in total. The number of carboxylic acids is 1. The van der Waals surface area contributed by atoms with Gasteiger partial charge in [0, 0.05) is 12.0 Å². The van der Waals surface area contributed by atoms with E-state index in [4.69, 9.17) is 9.84 Å². The first-order chi connectivity index (χ1) is 9.13. The Hall–Kier alpha value is -1.05. The van der Waals surface area contributed by atoms with Crippen LogP contribution < -0.4 is 5.32 Å². The summed E-state index contributed by atoms with van der Waals surface area (Å²) in [6.45, 7) is -0.0127. The van der Waals surface area contributed by atoms with Crippen molar-refractivity contribution in [3.63, 3.8) is 0 Å². The maximum atomic E-state index is 12.1. The van der Waals surface area contributed by atoms with Crippen LogP contribution in [0.3, 0.4) is 0 Å². The van der Waals surface area contributed by atoms with Crippen LogP contribution >= 0.6 is 23.1 Å². The van der Waals surface area contributed by atoms with Gasteiger partial charge in [0.25, 0.3) is 0 Å². The van der Waals surface area contributed by atoms with E-state index in [9.17, 15) is 9.59 Å². The monoisotopic (exact) mass is 301 g/mol. The van der Waals surface area contributed by atoms with Crippen LogP contribution in [0.15, 0.2) is 11.4 Å². The molecule has 104 valence electrons. The lowest BCUT2D eigenvalue weighted by Gasteiger charge is -2.22.